The minimum Gasteiger partial charge on any atom is -0.496 e. The van der Waals surface area contributed by atoms with E-state index in [-0.39, 0.29) is 11.7 Å². The zero-order valence-electron chi connectivity index (χ0n) is 20.3. The van der Waals surface area contributed by atoms with Crippen LogP contribution in [0.15, 0.2) is 78.0 Å². The van der Waals surface area contributed by atoms with E-state index in [1.165, 1.54) is 17.3 Å². The van der Waals surface area contributed by atoms with E-state index in [4.69, 9.17) is 4.74 Å². The van der Waals surface area contributed by atoms with Crippen molar-refractivity contribution in [3.05, 3.63) is 89.5 Å². The van der Waals surface area contributed by atoms with Gasteiger partial charge in [-0.1, -0.05) is 79.3 Å². The summed E-state index contributed by atoms with van der Waals surface area (Å²) in [6.07, 6.45) is 1.68. The highest BCUT2D eigenvalue weighted by Crippen LogP contribution is 2.31. The molecule has 0 aliphatic carbocycles. The topological polar surface area (TPSA) is 69.0 Å². The molecule has 1 aromatic heterocycles. The highest BCUT2D eigenvalue weighted by molar-refractivity contribution is 7.99. The number of para-hydroxylation sites is 2. The number of aryl methyl sites for hydroxylation is 3. The van der Waals surface area contributed by atoms with Gasteiger partial charge in [0.1, 0.15) is 5.75 Å². The van der Waals surface area contributed by atoms with Gasteiger partial charge in [-0.05, 0) is 48.6 Å². The van der Waals surface area contributed by atoms with Gasteiger partial charge >= 0.3 is 0 Å². The summed E-state index contributed by atoms with van der Waals surface area (Å²) >= 11 is 1.39. The molecule has 4 aromatic rings. The number of aromatic nitrogens is 3. The Labute approximate surface area is 210 Å². The fourth-order valence-electron chi connectivity index (χ4n) is 4.02. The van der Waals surface area contributed by atoms with E-state index < -0.39 is 0 Å². The van der Waals surface area contributed by atoms with Crippen LogP contribution in [0.5, 0.6) is 5.75 Å². The minimum atomic E-state index is -0.0598. The van der Waals surface area contributed by atoms with E-state index in [1.807, 2.05) is 61.5 Å². The smallest absolute Gasteiger partial charge is 0.234 e. The van der Waals surface area contributed by atoms with E-state index in [1.54, 1.807) is 7.11 Å². The second kappa shape index (κ2) is 11.7. The van der Waals surface area contributed by atoms with Crippen LogP contribution in [0.1, 0.15) is 23.6 Å². The number of carbonyl (C=O) groups is 1. The highest BCUT2D eigenvalue weighted by Gasteiger charge is 2.19. The Kier molecular flexibility index (Phi) is 8.21. The van der Waals surface area contributed by atoms with Gasteiger partial charge in [-0.25, -0.2) is 0 Å². The zero-order chi connectivity index (χ0) is 24.6. The molecule has 0 radical (unpaired) electrons. The molecule has 1 N–H and O–H groups in total. The fraction of sp³-hybridized carbons (Fsp3) is 0.250. The van der Waals surface area contributed by atoms with Crippen molar-refractivity contribution in [2.24, 2.45) is 0 Å². The molecule has 0 atom stereocenters. The number of ether oxygens (including phenoxy) is 1. The maximum atomic E-state index is 12.9. The molecule has 0 saturated heterocycles. The lowest BCUT2D eigenvalue weighted by Gasteiger charge is -2.14. The van der Waals surface area contributed by atoms with E-state index in [0.717, 1.165) is 46.8 Å². The number of nitrogens with zero attached hydrogens (tertiary/aromatic N) is 3. The van der Waals surface area contributed by atoms with Crippen molar-refractivity contribution in [2.45, 2.75) is 38.4 Å². The Morgan fingerprint density at radius 3 is 2.54 bits per heavy atom. The first-order valence-corrected chi connectivity index (χ1v) is 12.7. The van der Waals surface area contributed by atoms with Crippen LogP contribution in [-0.2, 0) is 24.2 Å². The van der Waals surface area contributed by atoms with E-state index >= 15 is 0 Å². The molecule has 0 unspecified atom stereocenters. The Bertz CT molecular complexity index is 1290. The van der Waals surface area contributed by atoms with Crippen LogP contribution in [0.25, 0.3) is 11.4 Å². The SMILES string of the molecule is CCc1cccc(C)c1NC(=O)CSc1nnc(-c2ccccc2OC)n1CCc1ccccc1. The molecule has 4 rings (SSSR count). The summed E-state index contributed by atoms with van der Waals surface area (Å²) in [5.41, 5.74) is 5.20. The third-order valence-electron chi connectivity index (χ3n) is 5.87. The van der Waals surface area contributed by atoms with Gasteiger partial charge in [0.2, 0.25) is 5.91 Å². The van der Waals surface area contributed by atoms with Crippen LogP contribution < -0.4 is 10.1 Å². The molecule has 7 heteroatoms. The molecule has 3 aromatic carbocycles. The standard InChI is InChI=1S/C28H30N4O2S/c1-4-22-14-10-11-20(2)26(22)29-25(33)19-35-28-31-30-27(23-15-8-9-16-24(23)34-3)32(28)18-17-21-12-6-5-7-13-21/h5-16H,4,17-19H2,1-3H3,(H,29,33). The van der Waals surface area contributed by atoms with Gasteiger partial charge in [0, 0.05) is 12.2 Å². The van der Waals surface area contributed by atoms with Crippen molar-refractivity contribution in [3.8, 4) is 17.1 Å². The number of carbonyl (C=O) groups excluding carboxylic acids is 1. The predicted molar refractivity (Wildman–Crippen MR) is 142 cm³/mol. The van der Waals surface area contributed by atoms with E-state index in [0.29, 0.717) is 11.7 Å². The number of benzene rings is 3. The molecule has 0 bridgehead atoms. The number of hydrogen-bond acceptors (Lipinski definition) is 5. The minimum absolute atomic E-state index is 0.0598. The van der Waals surface area contributed by atoms with Gasteiger partial charge in [0.25, 0.3) is 0 Å². The molecule has 0 fully saturated rings. The van der Waals surface area contributed by atoms with Gasteiger partial charge in [-0.15, -0.1) is 10.2 Å². The summed E-state index contributed by atoms with van der Waals surface area (Å²) < 4.78 is 7.65. The van der Waals surface area contributed by atoms with Crippen LogP contribution >= 0.6 is 11.8 Å². The Hall–Kier alpha value is -3.58. The summed E-state index contributed by atoms with van der Waals surface area (Å²) in [7, 11) is 1.65. The fourth-order valence-corrected chi connectivity index (χ4v) is 4.78. The van der Waals surface area contributed by atoms with Crippen LogP contribution in [0.4, 0.5) is 5.69 Å². The number of nitrogens with one attached hydrogen (secondary N) is 1. The summed E-state index contributed by atoms with van der Waals surface area (Å²) in [5.74, 6) is 1.65. The Balaban J connectivity index is 1.56. The van der Waals surface area contributed by atoms with Crippen molar-refractivity contribution in [3.63, 3.8) is 0 Å². The average molecular weight is 487 g/mol. The highest BCUT2D eigenvalue weighted by atomic mass is 32.2. The van der Waals surface area contributed by atoms with Crippen molar-refractivity contribution in [2.75, 3.05) is 18.2 Å². The molecule has 0 aliphatic rings. The van der Waals surface area contributed by atoms with E-state index in [2.05, 4.69) is 45.2 Å². The quantitative estimate of drug-likeness (QED) is 0.287. The third-order valence-corrected chi connectivity index (χ3v) is 6.84. The first kappa shape index (κ1) is 24.5. The lowest BCUT2D eigenvalue weighted by atomic mass is 10.1. The number of hydrogen-bond donors (Lipinski definition) is 1. The van der Waals surface area contributed by atoms with Gasteiger partial charge in [0.05, 0.1) is 18.4 Å². The molecular weight excluding hydrogens is 456 g/mol. The first-order chi connectivity index (χ1) is 17.1. The average Bonchev–Trinajstić information content (AvgIpc) is 3.30. The Morgan fingerprint density at radius 2 is 1.77 bits per heavy atom. The monoisotopic (exact) mass is 486 g/mol. The summed E-state index contributed by atoms with van der Waals surface area (Å²) in [6, 6.07) is 24.2. The molecule has 1 heterocycles. The van der Waals surface area contributed by atoms with Crippen LogP contribution in [0.2, 0.25) is 0 Å². The number of anilines is 1. The zero-order valence-corrected chi connectivity index (χ0v) is 21.1. The molecule has 0 aliphatic heterocycles. The molecule has 35 heavy (non-hydrogen) atoms. The van der Waals surface area contributed by atoms with Crippen LogP contribution in [0.3, 0.4) is 0 Å². The molecule has 0 spiro atoms. The largest absolute Gasteiger partial charge is 0.496 e. The van der Waals surface area contributed by atoms with Gasteiger partial charge in [-0.3, -0.25) is 4.79 Å². The second-order valence-electron chi connectivity index (χ2n) is 8.19. The molecule has 6 nitrogen and oxygen atoms in total. The second-order valence-corrected chi connectivity index (χ2v) is 9.14. The van der Waals surface area contributed by atoms with Crippen molar-refractivity contribution < 1.29 is 9.53 Å². The summed E-state index contributed by atoms with van der Waals surface area (Å²) in [6.45, 7) is 4.79. The summed E-state index contributed by atoms with van der Waals surface area (Å²) in [5, 5.41) is 12.7. The van der Waals surface area contributed by atoms with Gasteiger partial charge in [-0.2, -0.15) is 0 Å². The van der Waals surface area contributed by atoms with Crippen molar-refractivity contribution in [1.82, 2.24) is 14.8 Å². The maximum Gasteiger partial charge on any atom is 0.234 e. The van der Waals surface area contributed by atoms with Gasteiger partial charge < -0.3 is 14.6 Å². The van der Waals surface area contributed by atoms with E-state index in [9.17, 15) is 4.79 Å². The lowest BCUT2D eigenvalue weighted by molar-refractivity contribution is -0.113. The van der Waals surface area contributed by atoms with Gasteiger partial charge in [0.15, 0.2) is 11.0 Å². The summed E-state index contributed by atoms with van der Waals surface area (Å²) in [4.78, 5) is 12.9. The molecular formula is C28H30N4O2S. The predicted octanol–water partition coefficient (Wildman–Crippen LogP) is 5.80. The normalized spacial score (nSPS) is 10.8. The first-order valence-electron chi connectivity index (χ1n) is 11.7. The van der Waals surface area contributed by atoms with Crippen molar-refractivity contribution >= 4 is 23.4 Å². The van der Waals surface area contributed by atoms with Crippen molar-refractivity contribution in [1.29, 1.82) is 0 Å². The Morgan fingerprint density at radius 1 is 1.00 bits per heavy atom. The van der Waals surface area contributed by atoms with Crippen LogP contribution in [0, 0.1) is 6.92 Å². The number of amides is 1. The van der Waals surface area contributed by atoms with Crippen LogP contribution in [-0.4, -0.2) is 33.5 Å². The molecule has 0 saturated carbocycles. The lowest BCUT2D eigenvalue weighted by Crippen LogP contribution is -2.17. The number of methoxy groups -OCH3 is 1. The molecule has 1 amide bonds. The number of rotatable bonds is 10. The maximum absolute atomic E-state index is 12.9. The molecule has 180 valence electrons. The number of thioether (sulfide) groups is 1. The third kappa shape index (κ3) is 5.92.